The van der Waals surface area contributed by atoms with E-state index in [2.05, 4.69) is 27.7 Å². The van der Waals surface area contributed by atoms with Gasteiger partial charge in [-0.1, -0.05) is 53.4 Å². The highest BCUT2D eigenvalue weighted by atomic mass is 14.6. The van der Waals surface area contributed by atoms with Crippen LogP contribution < -0.4 is 5.73 Å². The van der Waals surface area contributed by atoms with Gasteiger partial charge >= 0.3 is 0 Å². The summed E-state index contributed by atoms with van der Waals surface area (Å²) in [5.74, 6) is 2.73. The predicted octanol–water partition coefficient (Wildman–Crippen LogP) is 5.38. The average Bonchev–Trinajstić information content (AvgIpc) is 2.43. The number of nitrogens with two attached hydrogens (primary N) is 1. The Morgan fingerprint density at radius 1 is 1.16 bits per heavy atom. The Labute approximate surface area is 121 Å². The molecule has 0 aromatic carbocycles. The maximum absolute atomic E-state index is 6.19. The van der Waals surface area contributed by atoms with Crippen LogP contribution in [-0.2, 0) is 0 Å². The summed E-state index contributed by atoms with van der Waals surface area (Å²) in [6.07, 6.45) is 12.5. The molecule has 1 atom stereocenters. The molecule has 19 heavy (non-hydrogen) atoms. The van der Waals surface area contributed by atoms with Gasteiger partial charge in [-0.2, -0.15) is 0 Å². The first-order valence-corrected chi connectivity index (χ1v) is 8.77. The zero-order valence-corrected chi connectivity index (χ0v) is 13.9. The molecule has 2 N–H and O–H groups in total. The molecule has 1 nitrogen and oxygen atoms in total. The summed E-state index contributed by atoms with van der Waals surface area (Å²) in [6.45, 7) is 10.4. The fourth-order valence-corrected chi connectivity index (χ4v) is 3.97. The molecule has 0 aromatic heterocycles. The lowest BCUT2D eigenvalue weighted by atomic mass is 9.64. The van der Waals surface area contributed by atoms with Crippen LogP contribution in [0.5, 0.6) is 0 Å². The summed E-state index contributed by atoms with van der Waals surface area (Å²) in [5.41, 5.74) is 6.68. The van der Waals surface area contributed by atoms with Gasteiger partial charge in [-0.15, -0.1) is 0 Å². The van der Waals surface area contributed by atoms with Gasteiger partial charge in [-0.05, 0) is 61.8 Å². The molecule has 1 rings (SSSR count). The van der Waals surface area contributed by atoms with E-state index in [-0.39, 0.29) is 0 Å². The largest absolute Gasteiger partial charge is 0.330 e. The van der Waals surface area contributed by atoms with Gasteiger partial charge in [0.15, 0.2) is 0 Å². The van der Waals surface area contributed by atoms with E-state index < -0.39 is 0 Å². The standard InChI is InChI=1S/C18H37N/c1-5-7-8-16(6-2)13-18(14-19)11-9-17(10-12-18)15(3)4/h15-17H,5-14,19H2,1-4H3. The molecule has 0 aliphatic heterocycles. The Hall–Kier alpha value is -0.0400. The van der Waals surface area contributed by atoms with E-state index in [4.69, 9.17) is 5.73 Å². The molecule has 114 valence electrons. The van der Waals surface area contributed by atoms with Crippen molar-refractivity contribution in [3.8, 4) is 0 Å². The van der Waals surface area contributed by atoms with Gasteiger partial charge in [0, 0.05) is 0 Å². The second-order valence-corrected chi connectivity index (χ2v) is 7.41. The zero-order valence-electron chi connectivity index (χ0n) is 13.9. The minimum Gasteiger partial charge on any atom is -0.330 e. The smallest absolute Gasteiger partial charge is 0.00204 e. The zero-order chi connectivity index (χ0) is 14.3. The Kier molecular flexibility index (Phi) is 7.42. The first kappa shape index (κ1) is 17.0. The summed E-state index contributed by atoms with van der Waals surface area (Å²) in [5, 5.41) is 0. The number of rotatable bonds is 8. The van der Waals surface area contributed by atoms with Gasteiger partial charge in [0.25, 0.3) is 0 Å². The summed E-state index contributed by atoms with van der Waals surface area (Å²) in [7, 11) is 0. The van der Waals surface area contributed by atoms with Gasteiger partial charge in [0.05, 0.1) is 0 Å². The van der Waals surface area contributed by atoms with Crippen LogP contribution in [0.25, 0.3) is 0 Å². The molecule has 0 saturated heterocycles. The van der Waals surface area contributed by atoms with Crippen molar-refractivity contribution < 1.29 is 0 Å². The minimum atomic E-state index is 0.486. The van der Waals surface area contributed by atoms with Crippen molar-refractivity contribution in [2.45, 2.75) is 85.5 Å². The second-order valence-electron chi connectivity index (χ2n) is 7.41. The van der Waals surface area contributed by atoms with Crippen molar-refractivity contribution in [2.24, 2.45) is 28.9 Å². The summed E-state index contributed by atoms with van der Waals surface area (Å²) < 4.78 is 0. The van der Waals surface area contributed by atoms with Gasteiger partial charge in [0.2, 0.25) is 0 Å². The molecule has 0 spiro atoms. The highest BCUT2D eigenvalue weighted by Crippen LogP contribution is 2.45. The molecule has 1 fully saturated rings. The highest BCUT2D eigenvalue weighted by molar-refractivity contribution is 4.88. The lowest BCUT2D eigenvalue weighted by molar-refractivity contribution is 0.0992. The summed E-state index contributed by atoms with van der Waals surface area (Å²) >= 11 is 0. The van der Waals surface area contributed by atoms with Crippen molar-refractivity contribution >= 4 is 0 Å². The van der Waals surface area contributed by atoms with Crippen LogP contribution in [0, 0.1) is 23.2 Å². The fraction of sp³-hybridized carbons (Fsp3) is 1.00. The third kappa shape index (κ3) is 5.10. The molecule has 0 heterocycles. The second kappa shape index (κ2) is 8.29. The quantitative estimate of drug-likeness (QED) is 0.627. The van der Waals surface area contributed by atoms with Crippen LogP contribution in [0.3, 0.4) is 0 Å². The van der Waals surface area contributed by atoms with Crippen molar-refractivity contribution in [2.75, 3.05) is 6.54 Å². The van der Waals surface area contributed by atoms with Crippen LogP contribution in [0.2, 0.25) is 0 Å². The minimum absolute atomic E-state index is 0.486. The van der Waals surface area contributed by atoms with Crippen LogP contribution in [0.4, 0.5) is 0 Å². The first-order chi connectivity index (χ1) is 9.06. The molecule has 1 saturated carbocycles. The summed E-state index contributed by atoms with van der Waals surface area (Å²) in [6, 6.07) is 0. The van der Waals surface area contributed by atoms with Crippen molar-refractivity contribution in [3.05, 3.63) is 0 Å². The molecular formula is C18H37N. The van der Waals surface area contributed by atoms with E-state index in [1.165, 1.54) is 57.8 Å². The molecule has 1 unspecified atom stereocenters. The van der Waals surface area contributed by atoms with Crippen molar-refractivity contribution in [1.82, 2.24) is 0 Å². The Morgan fingerprint density at radius 2 is 1.79 bits per heavy atom. The maximum atomic E-state index is 6.19. The SMILES string of the molecule is CCCCC(CC)CC1(CN)CCC(C(C)C)CC1. The van der Waals surface area contributed by atoms with E-state index in [9.17, 15) is 0 Å². The normalized spacial score (nSPS) is 29.7. The van der Waals surface area contributed by atoms with E-state index >= 15 is 0 Å². The van der Waals surface area contributed by atoms with E-state index in [0.717, 1.165) is 24.3 Å². The molecule has 1 aliphatic rings. The molecule has 1 heteroatoms. The Balaban J connectivity index is 2.52. The third-order valence-corrected chi connectivity index (χ3v) is 5.73. The van der Waals surface area contributed by atoms with Crippen LogP contribution >= 0.6 is 0 Å². The molecule has 0 amide bonds. The number of hydrogen-bond donors (Lipinski definition) is 1. The third-order valence-electron chi connectivity index (χ3n) is 5.73. The van der Waals surface area contributed by atoms with E-state index in [1.807, 2.05) is 0 Å². The molecule has 0 aromatic rings. The fourth-order valence-electron chi connectivity index (χ4n) is 3.97. The van der Waals surface area contributed by atoms with Gasteiger partial charge < -0.3 is 5.73 Å². The van der Waals surface area contributed by atoms with Crippen molar-refractivity contribution in [3.63, 3.8) is 0 Å². The monoisotopic (exact) mass is 267 g/mol. The Morgan fingerprint density at radius 3 is 2.21 bits per heavy atom. The van der Waals surface area contributed by atoms with Crippen LogP contribution in [0.15, 0.2) is 0 Å². The lowest BCUT2D eigenvalue weighted by Crippen LogP contribution is -2.37. The number of unbranched alkanes of at least 4 members (excludes halogenated alkanes) is 1. The van der Waals surface area contributed by atoms with E-state index in [1.54, 1.807) is 0 Å². The lowest BCUT2D eigenvalue weighted by Gasteiger charge is -2.42. The predicted molar refractivity (Wildman–Crippen MR) is 86.2 cm³/mol. The molecule has 1 aliphatic carbocycles. The topological polar surface area (TPSA) is 26.0 Å². The molecule has 0 bridgehead atoms. The van der Waals surface area contributed by atoms with Gasteiger partial charge in [-0.3, -0.25) is 0 Å². The van der Waals surface area contributed by atoms with Crippen LogP contribution in [0.1, 0.15) is 85.5 Å². The molecule has 0 radical (unpaired) electrons. The molecular weight excluding hydrogens is 230 g/mol. The Bertz CT molecular complexity index is 226. The summed E-state index contributed by atoms with van der Waals surface area (Å²) in [4.78, 5) is 0. The first-order valence-electron chi connectivity index (χ1n) is 8.77. The van der Waals surface area contributed by atoms with Gasteiger partial charge in [0.1, 0.15) is 0 Å². The highest BCUT2D eigenvalue weighted by Gasteiger charge is 2.36. The maximum Gasteiger partial charge on any atom is -0.00204 e. The number of hydrogen-bond acceptors (Lipinski definition) is 1. The van der Waals surface area contributed by atoms with Crippen molar-refractivity contribution in [1.29, 1.82) is 0 Å². The van der Waals surface area contributed by atoms with Crippen LogP contribution in [-0.4, -0.2) is 6.54 Å². The average molecular weight is 268 g/mol. The van der Waals surface area contributed by atoms with E-state index in [0.29, 0.717) is 5.41 Å². The van der Waals surface area contributed by atoms with Gasteiger partial charge in [-0.25, -0.2) is 0 Å².